The highest BCUT2D eigenvalue weighted by atomic mass is 16.6. The van der Waals surface area contributed by atoms with E-state index in [1.54, 1.807) is 0 Å². The lowest BCUT2D eigenvalue weighted by atomic mass is 10.0. The molecule has 0 aliphatic carbocycles. The van der Waals surface area contributed by atoms with Crippen molar-refractivity contribution in [3.05, 3.63) is 0 Å². The Morgan fingerprint density at radius 3 is 1.50 bits per heavy atom. The van der Waals surface area contributed by atoms with Crippen LogP contribution in [-0.4, -0.2) is 25.9 Å². The summed E-state index contributed by atoms with van der Waals surface area (Å²) in [5.41, 5.74) is 0. The highest BCUT2D eigenvalue weighted by Gasteiger charge is 2.21. The van der Waals surface area contributed by atoms with Crippen molar-refractivity contribution in [3.63, 3.8) is 0 Å². The average molecular weight is 313 g/mol. The molecule has 1 rings (SSSR count). The van der Waals surface area contributed by atoms with Crippen molar-refractivity contribution in [3.8, 4) is 0 Å². The summed E-state index contributed by atoms with van der Waals surface area (Å²) in [5.74, 6) is 0. The van der Waals surface area contributed by atoms with E-state index >= 15 is 0 Å². The van der Waals surface area contributed by atoms with Gasteiger partial charge in [0.2, 0.25) is 0 Å². The first kappa shape index (κ1) is 20.0. The Morgan fingerprint density at radius 1 is 0.682 bits per heavy atom. The van der Waals surface area contributed by atoms with Crippen LogP contribution in [0.4, 0.5) is 0 Å². The third-order valence-electron chi connectivity index (χ3n) is 4.60. The van der Waals surface area contributed by atoms with Crippen LogP contribution in [0.2, 0.25) is 0 Å². The van der Waals surface area contributed by atoms with E-state index in [0.717, 1.165) is 19.8 Å². The van der Waals surface area contributed by atoms with Crippen LogP contribution in [0.3, 0.4) is 0 Å². The molecule has 1 aliphatic heterocycles. The summed E-state index contributed by atoms with van der Waals surface area (Å²) in [7, 11) is 0. The van der Waals surface area contributed by atoms with Crippen LogP contribution < -0.4 is 0 Å². The third-order valence-corrected chi connectivity index (χ3v) is 4.60. The molecule has 1 unspecified atom stereocenters. The zero-order chi connectivity index (χ0) is 15.7. The highest BCUT2D eigenvalue weighted by molar-refractivity contribution is 4.66. The highest BCUT2D eigenvalue weighted by Crippen LogP contribution is 2.13. The molecule has 1 heterocycles. The van der Waals surface area contributed by atoms with E-state index in [0.29, 0.717) is 6.10 Å². The molecule has 0 bridgehead atoms. The lowest BCUT2D eigenvalue weighted by Crippen LogP contribution is -2.02. The SMILES string of the molecule is CCCCCCCCCCCCCCCCCOCC1CO1. The van der Waals surface area contributed by atoms with E-state index in [2.05, 4.69) is 6.92 Å². The van der Waals surface area contributed by atoms with Crippen LogP contribution >= 0.6 is 0 Å². The molecule has 1 fully saturated rings. The predicted octanol–water partition coefficient (Wildman–Crippen LogP) is 6.27. The van der Waals surface area contributed by atoms with Gasteiger partial charge in [0.15, 0.2) is 0 Å². The summed E-state index contributed by atoms with van der Waals surface area (Å²) in [4.78, 5) is 0. The third kappa shape index (κ3) is 14.8. The van der Waals surface area contributed by atoms with Crippen molar-refractivity contribution >= 4 is 0 Å². The van der Waals surface area contributed by atoms with Gasteiger partial charge in [-0.05, 0) is 6.42 Å². The number of unbranched alkanes of at least 4 members (excludes halogenated alkanes) is 14. The van der Waals surface area contributed by atoms with E-state index < -0.39 is 0 Å². The predicted molar refractivity (Wildman–Crippen MR) is 95.5 cm³/mol. The molecular weight excluding hydrogens is 272 g/mol. The second-order valence-corrected chi connectivity index (χ2v) is 6.98. The summed E-state index contributed by atoms with van der Waals surface area (Å²) in [6.07, 6.45) is 21.7. The molecule has 2 heteroatoms. The zero-order valence-electron chi connectivity index (χ0n) is 15.1. The Bertz CT molecular complexity index is 214. The van der Waals surface area contributed by atoms with Crippen molar-refractivity contribution in [1.29, 1.82) is 0 Å². The van der Waals surface area contributed by atoms with E-state index in [1.165, 1.54) is 96.3 Å². The molecule has 132 valence electrons. The molecule has 22 heavy (non-hydrogen) atoms. The van der Waals surface area contributed by atoms with E-state index in [1.807, 2.05) is 0 Å². The van der Waals surface area contributed by atoms with Crippen molar-refractivity contribution in [2.24, 2.45) is 0 Å². The van der Waals surface area contributed by atoms with E-state index in [-0.39, 0.29) is 0 Å². The molecule has 0 aromatic heterocycles. The van der Waals surface area contributed by atoms with Crippen molar-refractivity contribution < 1.29 is 9.47 Å². The summed E-state index contributed by atoms with van der Waals surface area (Å²) in [5, 5.41) is 0. The van der Waals surface area contributed by atoms with Gasteiger partial charge >= 0.3 is 0 Å². The number of hydrogen-bond donors (Lipinski definition) is 0. The number of hydrogen-bond acceptors (Lipinski definition) is 2. The first-order valence-electron chi connectivity index (χ1n) is 10.1. The van der Waals surface area contributed by atoms with Crippen molar-refractivity contribution in [1.82, 2.24) is 0 Å². The first-order valence-corrected chi connectivity index (χ1v) is 10.1. The maximum absolute atomic E-state index is 5.55. The maximum atomic E-state index is 5.55. The minimum absolute atomic E-state index is 0.427. The van der Waals surface area contributed by atoms with E-state index in [9.17, 15) is 0 Å². The Balaban J connectivity index is 1.59. The smallest absolute Gasteiger partial charge is 0.104 e. The molecule has 1 aliphatic rings. The quantitative estimate of drug-likeness (QED) is 0.220. The van der Waals surface area contributed by atoms with Crippen LogP contribution in [0.25, 0.3) is 0 Å². The monoisotopic (exact) mass is 312 g/mol. The normalized spacial score (nSPS) is 17.0. The molecule has 1 saturated heterocycles. The van der Waals surface area contributed by atoms with Gasteiger partial charge in [0.25, 0.3) is 0 Å². The van der Waals surface area contributed by atoms with E-state index in [4.69, 9.17) is 9.47 Å². The summed E-state index contributed by atoms with van der Waals surface area (Å²) < 4.78 is 10.7. The molecule has 0 aromatic carbocycles. The van der Waals surface area contributed by atoms with Crippen LogP contribution in [0.1, 0.15) is 103 Å². The maximum Gasteiger partial charge on any atom is 0.104 e. The van der Waals surface area contributed by atoms with Gasteiger partial charge in [-0.2, -0.15) is 0 Å². The Labute approximate surface area is 139 Å². The molecule has 2 nitrogen and oxygen atoms in total. The lowest BCUT2D eigenvalue weighted by Gasteiger charge is -2.04. The van der Waals surface area contributed by atoms with Crippen molar-refractivity contribution in [2.45, 2.75) is 109 Å². The van der Waals surface area contributed by atoms with Gasteiger partial charge in [-0.3, -0.25) is 0 Å². The largest absolute Gasteiger partial charge is 0.379 e. The van der Waals surface area contributed by atoms with Crippen molar-refractivity contribution in [2.75, 3.05) is 19.8 Å². The Hall–Kier alpha value is -0.0800. The average Bonchev–Trinajstić information content (AvgIpc) is 3.34. The molecule has 1 atom stereocenters. The molecule has 0 radical (unpaired) electrons. The van der Waals surface area contributed by atoms with Gasteiger partial charge in [0.1, 0.15) is 6.10 Å². The fraction of sp³-hybridized carbons (Fsp3) is 1.00. The Kier molecular flexibility index (Phi) is 14.3. The topological polar surface area (TPSA) is 21.8 Å². The fourth-order valence-electron chi connectivity index (χ4n) is 2.95. The summed E-state index contributed by atoms with van der Waals surface area (Å²) >= 11 is 0. The van der Waals surface area contributed by atoms with Gasteiger partial charge in [0.05, 0.1) is 13.2 Å². The standard InChI is InChI=1S/C20H40O2/c1-2-3-4-5-6-7-8-9-10-11-12-13-14-15-16-17-21-18-20-19-22-20/h20H,2-19H2,1H3. The minimum atomic E-state index is 0.427. The van der Waals surface area contributed by atoms with Gasteiger partial charge < -0.3 is 9.47 Å². The molecule has 0 spiro atoms. The van der Waals surface area contributed by atoms with Crippen LogP contribution in [-0.2, 0) is 9.47 Å². The van der Waals surface area contributed by atoms with Crippen LogP contribution in [0.5, 0.6) is 0 Å². The lowest BCUT2D eigenvalue weighted by molar-refractivity contribution is 0.113. The zero-order valence-corrected chi connectivity index (χ0v) is 15.1. The number of ether oxygens (including phenoxy) is 2. The van der Waals surface area contributed by atoms with Crippen LogP contribution in [0.15, 0.2) is 0 Å². The second-order valence-electron chi connectivity index (χ2n) is 6.98. The van der Waals surface area contributed by atoms with Crippen LogP contribution in [0, 0.1) is 0 Å². The minimum Gasteiger partial charge on any atom is -0.379 e. The first-order chi connectivity index (χ1) is 10.9. The van der Waals surface area contributed by atoms with Gasteiger partial charge in [-0.25, -0.2) is 0 Å². The van der Waals surface area contributed by atoms with Gasteiger partial charge in [-0.1, -0.05) is 96.8 Å². The molecule has 0 N–H and O–H groups in total. The summed E-state index contributed by atoms with van der Waals surface area (Å²) in [6.45, 7) is 4.95. The number of epoxide rings is 1. The second kappa shape index (κ2) is 15.8. The van der Waals surface area contributed by atoms with Gasteiger partial charge in [-0.15, -0.1) is 0 Å². The molecule has 0 saturated carbocycles. The van der Waals surface area contributed by atoms with Gasteiger partial charge in [0, 0.05) is 6.61 Å². The molecule has 0 aromatic rings. The fourth-order valence-corrected chi connectivity index (χ4v) is 2.95. The number of rotatable bonds is 18. The summed E-state index contributed by atoms with van der Waals surface area (Å²) in [6, 6.07) is 0. The molecular formula is C20H40O2. The molecule has 0 amide bonds. The Morgan fingerprint density at radius 2 is 1.09 bits per heavy atom.